The molecule has 1 aliphatic heterocycles. The predicted octanol–water partition coefficient (Wildman–Crippen LogP) is 3.07. The molecule has 0 amide bonds. The van der Waals surface area contributed by atoms with Crippen molar-refractivity contribution in [1.29, 1.82) is 0 Å². The summed E-state index contributed by atoms with van der Waals surface area (Å²) in [6.45, 7) is 10.00. The smallest absolute Gasteiger partial charge is 0.191 e. The first-order valence-corrected chi connectivity index (χ1v) is 8.80. The molecule has 2 N–H and O–H groups in total. The summed E-state index contributed by atoms with van der Waals surface area (Å²) in [5.41, 5.74) is 1.36. The highest BCUT2D eigenvalue weighted by Crippen LogP contribution is 2.16. The molecule has 6 heteroatoms. The molecule has 2 heterocycles. The van der Waals surface area contributed by atoms with Crippen LogP contribution >= 0.6 is 35.3 Å². The summed E-state index contributed by atoms with van der Waals surface area (Å²) in [4.78, 5) is 8.27. The van der Waals surface area contributed by atoms with Crippen LogP contribution in [0.4, 0.5) is 0 Å². The minimum atomic E-state index is 0. The number of hydrogen-bond acceptors (Lipinski definition) is 3. The second-order valence-corrected chi connectivity index (χ2v) is 6.79. The van der Waals surface area contributed by atoms with Gasteiger partial charge in [0, 0.05) is 25.0 Å². The van der Waals surface area contributed by atoms with E-state index in [1.54, 1.807) is 11.3 Å². The van der Waals surface area contributed by atoms with Gasteiger partial charge in [-0.2, -0.15) is 0 Å². The van der Waals surface area contributed by atoms with Crippen LogP contribution in [0.2, 0.25) is 0 Å². The van der Waals surface area contributed by atoms with E-state index >= 15 is 0 Å². The van der Waals surface area contributed by atoms with Gasteiger partial charge in [-0.15, -0.1) is 35.3 Å². The van der Waals surface area contributed by atoms with Gasteiger partial charge in [-0.25, -0.2) is 0 Å². The van der Waals surface area contributed by atoms with E-state index in [4.69, 9.17) is 0 Å². The van der Waals surface area contributed by atoms with Crippen LogP contribution in [-0.2, 0) is 6.54 Å². The fraction of sp³-hybridized carbons (Fsp3) is 0.688. The van der Waals surface area contributed by atoms with Crippen molar-refractivity contribution in [2.24, 2.45) is 10.9 Å². The van der Waals surface area contributed by atoms with E-state index in [1.165, 1.54) is 42.9 Å². The van der Waals surface area contributed by atoms with Crippen LogP contribution in [0.1, 0.15) is 30.2 Å². The van der Waals surface area contributed by atoms with Gasteiger partial charge in [0.25, 0.3) is 0 Å². The Morgan fingerprint density at radius 1 is 1.45 bits per heavy atom. The van der Waals surface area contributed by atoms with Crippen LogP contribution in [0.25, 0.3) is 0 Å². The summed E-state index contributed by atoms with van der Waals surface area (Å²) in [6.07, 6.45) is 2.55. The second-order valence-electron chi connectivity index (χ2n) is 5.79. The van der Waals surface area contributed by atoms with Crippen molar-refractivity contribution < 1.29 is 0 Å². The number of halogens is 1. The third kappa shape index (κ3) is 6.04. The molecule has 22 heavy (non-hydrogen) atoms. The molecule has 2 rings (SSSR count). The van der Waals surface area contributed by atoms with Gasteiger partial charge in [-0.3, -0.25) is 4.99 Å². The van der Waals surface area contributed by atoms with Crippen molar-refractivity contribution in [2.45, 2.75) is 33.2 Å². The van der Waals surface area contributed by atoms with Gasteiger partial charge in [-0.1, -0.05) is 6.92 Å². The van der Waals surface area contributed by atoms with E-state index < -0.39 is 0 Å². The average Bonchev–Trinajstić information content (AvgIpc) is 3.09. The molecule has 0 bridgehead atoms. The van der Waals surface area contributed by atoms with Gasteiger partial charge in [0.2, 0.25) is 0 Å². The van der Waals surface area contributed by atoms with Gasteiger partial charge in [0.15, 0.2) is 5.96 Å². The van der Waals surface area contributed by atoms with Crippen LogP contribution < -0.4 is 10.6 Å². The number of hydrogen-bond donors (Lipinski definition) is 2. The molecule has 0 radical (unpaired) electrons. The molecule has 1 unspecified atom stereocenters. The Labute approximate surface area is 155 Å². The molecule has 1 atom stereocenters. The normalized spacial score (nSPS) is 19.0. The van der Waals surface area contributed by atoms with Gasteiger partial charge in [0.1, 0.15) is 0 Å². The van der Waals surface area contributed by atoms with Gasteiger partial charge < -0.3 is 15.5 Å². The molecule has 0 spiro atoms. The van der Waals surface area contributed by atoms with Crippen molar-refractivity contribution in [2.75, 3.05) is 33.2 Å². The quantitative estimate of drug-likeness (QED) is 0.409. The zero-order valence-electron chi connectivity index (χ0n) is 13.9. The zero-order valence-corrected chi connectivity index (χ0v) is 17.0. The second kappa shape index (κ2) is 10.4. The van der Waals surface area contributed by atoms with Crippen LogP contribution in [0, 0.1) is 12.8 Å². The number of aryl methyl sites for hydroxylation is 1. The first-order chi connectivity index (χ1) is 10.2. The molecular weight excluding hydrogens is 407 g/mol. The van der Waals surface area contributed by atoms with Crippen LogP contribution in [0.5, 0.6) is 0 Å². The maximum atomic E-state index is 4.32. The number of nitrogens with one attached hydrogen (secondary N) is 2. The van der Waals surface area contributed by atoms with Gasteiger partial charge in [-0.05, 0) is 55.8 Å². The molecular formula is C16H29IN4S. The summed E-state index contributed by atoms with van der Waals surface area (Å²) in [5.74, 6) is 1.66. The lowest BCUT2D eigenvalue weighted by atomic mass is 10.1. The van der Waals surface area contributed by atoms with E-state index in [9.17, 15) is 0 Å². The molecule has 1 aliphatic rings. The van der Waals surface area contributed by atoms with E-state index in [1.807, 2.05) is 7.05 Å². The molecule has 4 nitrogen and oxygen atoms in total. The fourth-order valence-corrected chi connectivity index (χ4v) is 3.66. The van der Waals surface area contributed by atoms with Gasteiger partial charge in [0.05, 0.1) is 6.54 Å². The van der Waals surface area contributed by atoms with Crippen molar-refractivity contribution in [1.82, 2.24) is 15.5 Å². The average molecular weight is 436 g/mol. The standard InChI is InChI=1S/C16H28N4S.HI/c1-4-7-20-8-5-14(12-20)10-18-16(17-3)19-11-15-13(2)6-9-21-15;/h6,9,14H,4-5,7-8,10-12H2,1-3H3,(H2,17,18,19);1H. The maximum absolute atomic E-state index is 4.32. The largest absolute Gasteiger partial charge is 0.356 e. The molecule has 1 saturated heterocycles. The molecule has 0 aromatic carbocycles. The first kappa shape index (κ1) is 19.7. The molecule has 0 saturated carbocycles. The minimum Gasteiger partial charge on any atom is -0.356 e. The summed E-state index contributed by atoms with van der Waals surface area (Å²) in [5, 5.41) is 9.02. The Morgan fingerprint density at radius 2 is 2.27 bits per heavy atom. The Balaban J connectivity index is 0.00000242. The van der Waals surface area contributed by atoms with Crippen LogP contribution in [0.3, 0.4) is 0 Å². The van der Waals surface area contributed by atoms with Crippen molar-refractivity contribution in [3.8, 4) is 0 Å². The van der Waals surface area contributed by atoms with Crippen LogP contribution in [-0.4, -0.2) is 44.1 Å². The summed E-state index contributed by atoms with van der Waals surface area (Å²) in [6, 6.07) is 2.17. The topological polar surface area (TPSA) is 39.7 Å². The maximum Gasteiger partial charge on any atom is 0.191 e. The number of rotatable bonds is 6. The molecule has 0 aliphatic carbocycles. The van der Waals surface area contributed by atoms with E-state index in [0.29, 0.717) is 0 Å². The zero-order chi connectivity index (χ0) is 15.1. The number of likely N-dealkylation sites (tertiary alicyclic amines) is 1. The molecule has 1 aromatic rings. The number of aliphatic imine (C=N–C) groups is 1. The SMILES string of the molecule is CCCN1CCC(CNC(=NC)NCc2sccc2C)C1.I. The predicted molar refractivity (Wildman–Crippen MR) is 108 cm³/mol. The summed E-state index contributed by atoms with van der Waals surface area (Å²) < 4.78 is 0. The van der Waals surface area contributed by atoms with Crippen LogP contribution in [0.15, 0.2) is 16.4 Å². The summed E-state index contributed by atoms with van der Waals surface area (Å²) >= 11 is 1.80. The van der Waals surface area contributed by atoms with E-state index in [0.717, 1.165) is 25.0 Å². The number of nitrogens with zero attached hydrogens (tertiary/aromatic N) is 2. The Bertz CT molecular complexity index is 461. The Kier molecular flexibility index (Phi) is 9.35. The number of guanidine groups is 1. The molecule has 1 aromatic heterocycles. The first-order valence-electron chi connectivity index (χ1n) is 7.92. The highest BCUT2D eigenvalue weighted by Gasteiger charge is 2.21. The van der Waals surface area contributed by atoms with Gasteiger partial charge >= 0.3 is 0 Å². The lowest BCUT2D eigenvalue weighted by molar-refractivity contribution is 0.324. The minimum absolute atomic E-state index is 0. The lowest BCUT2D eigenvalue weighted by Crippen LogP contribution is -2.39. The fourth-order valence-electron chi connectivity index (χ4n) is 2.81. The lowest BCUT2D eigenvalue weighted by Gasteiger charge is -2.17. The highest BCUT2D eigenvalue weighted by molar-refractivity contribution is 14.0. The highest BCUT2D eigenvalue weighted by atomic mass is 127. The van der Waals surface area contributed by atoms with Crippen molar-refractivity contribution >= 4 is 41.3 Å². The third-order valence-electron chi connectivity index (χ3n) is 4.08. The molecule has 1 fully saturated rings. The van der Waals surface area contributed by atoms with E-state index in [2.05, 4.69) is 45.8 Å². The van der Waals surface area contributed by atoms with Crippen molar-refractivity contribution in [3.05, 3.63) is 21.9 Å². The molecule has 126 valence electrons. The number of thiophene rings is 1. The van der Waals surface area contributed by atoms with E-state index in [-0.39, 0.29) is 24.0 Å². The Hall–Kier alpha value is -0.340. The monoisotopic (exact) mass is 436 g/mol. The van der Waals surface area contributed by atoms with Crippen molar-refractivity contribution in [3.63, 3.8) is 0 Å². The summed E-state index contributed by atoms with van der Waals surface area (Å²) in [7, 11) is 1.84. The third-order valence-corrected chi connectivity index (χ3v) is 5.10. The Morgan fingerprint density at radius 3 is 2.91 bits per heavy atom.